The van der Waals surface area contributed by atoms with Crippen molar-refractivity contribution in [3.8, 4) is 0 Å². The molecule has 0 N–H and O–H groups in total. The SMILES string of the molecule is CCCN1CC=C(c2nc3c(C)cccc3s2)CC1. The Hall–Kier alpha value is -1.19. The number of hydrogen-bond acceptors (Lipinski definition) is 3. The van der Waals surface area contributed by atoms with Crippen LogP contribution in [0.3, 0.4) is 0 Å². The molecule has 0 saturated heterocycles. The van der Waals surface area contributed by atoms with Crippen LogP contribution < -0.4 is 0 Å². The zero-order valence-electron chi connectivity index (χ0n) is 11.6. The van der Waals surface area contributed by atoms with Gasteiger partial charge in [0.1, 0.15) is 5.01 Å². The van der Waals surface area contributed by atoms with E-state index < -0.39 is 0 Å². The molecule has 100 valence electrons. The third-order valence-corrected chi connectivity index (χ3v) is 4.82. The molecule has 0 fully saturated rings. The summed E-state index contributed by atoms with van der Waals surface area (Å²) >= 11 is 1.83. The molecule has 2 aromatic rings. The van der Waals surface area contributed by atoms with E-state index in [0.717, 1.165) is 13.0 Å². The second-order valence-electron chi connectivity index (χ2n) is 5.22. The van der Waals surface area contributed by atoms with E-state index in [9.17, 15) is 0 Å². The van der Waals surface area contributed by atoms with E-state index in [-0.39, 0.29) is 0 Å². The van der Waals surface area contributed by atoms with E-state index in [1.54, 1.807) is 0 Å². The zero-order chi connectivity index (χ0) is 13.2. The first kappa shape index (κ1) is 12.8. The predicted molar refractivity (Wildman–Crippen MR) is 83.7 cm³/mol. The number of fused-ring (bicyclic) bond motifs is 1. The second-order valence-corrected chi connectivity index (χ2v) is 6.25. The summed E-state index contributed by atoms with van der Waals surface area (Å²) in [5, 5.41) is 1.22. The van der Waals surface area contributed by atoms with Crippen LogP contribution in [-0.4, -0.2) is 29.5 Å². The first-order valence-corrected chi connectivity index (χ1v) is 7.87. The third-order valence-electron chi connectivity index (χ3n) is 3.73. The van der Waals surface area contributed by atoms with Crippen LogP contribution in [-0.2, 0) is 0 Å². The average molecular weight is 272 g/mol. The summed E-state index contributed by atoms with van der Waals surface area (Å²) in [4.78, 5) is 7.35. The molecule has 3 rings (SSSR count). The van der Waals surface area contributed by atoms with Crippen molar-refractivity contribution in [2.75, 3.05) is 19.6 Å². The summed E-state index contributed by atoms with van der Waals surface area (Å²) < 4.78 is 1.31. The Morgan fingerprint density at radius 1 is 1.37 bits per heavy atom. The molecule has 0 unspecified atom stereocenters. The van der Waals surface area contributed by atoms with Gasteiger partial charge in [-0.15, -0.1) is 11.3 Å². The Labute approximate surface area is 118 Å². The minimum absolute atomic E-state index is 1.08. The van der Waals surface area contributed by atoms with E-state index in [2.05, 4.69) is 43.0 Å². The molecule has 1 aromatic heterocycles. The maximum atomic E-state index is 4.84. The van der Waals surface area contributed by atoms with Gasteiger partial charge in [0.25, 0.3) is 0 Å². The van der Waals surface area contributed by atoms with E-state index in [1.807, 2.05) is 11.3 Å². The first-order chi connectivity index (χ1) is 9.28. The van der Waals surface area contributed by atoms with Crippen LogP contribution in [0.25, 0.3) is 15.8 Å². The maximum absolute atomic E-state index is 4.84. The fourth-order valence-corrected chi connectivity index (χ4v) is 3.76. The van der Waals surface area contributed by atoms with Crippen LogP contribution in [0.5, 0.6) is 0 Å². The van der Waals surface area contributed by atoms with Gasteiger partial charge in [0.15, 0.2) is 0 Å². The van der Waals surface area contributed by atoms with E-state index in [4.69, 9.17) is 4.98 Å². The van der Waals surface area contributed by atoms with E-state index in [0.29, 0.717) is 0 Å². The van der Waals surface area contributed by atoms with Gasteiger partial charge < -0.3 is 0 Å². The molecule has 3 heteroatoms. The number of thiazole rings is 1. The van der Waals surface area contributed by atoms with Crippen LogP contribution in [0.1, 0.15) is 30.3 Å². The van der Waals surface area contributed by atoms with Crippen LogP contribution >= 0.6 is 11.3 Å². The van der Waals surface area contributed by atoms with Gasteiger partial charge in [-0.3, -0.25) is 4.90 Å². The number of rotatable bonds is 3. The molecular weight excluding hydrogens is 252 g/mol. The Balaban J connectivity index is 1.87. The van der Waals surface area contributed by atoms with Crippen LogP contribution in [0, 0.1) is 6.92 Å². The van der Waals surface area contributed by atoms with Gasteiger partial charge in [-0.2, -0.15) is 0 Å². The summed E-state index contributed by atoms with van der Waals surface area (Å²) in [7, 11) is 0. The second kappa shape index (κ2) is 5.43. The number of benzene rings is 1. The number of hydrogen-bond donors (Lipinski definition) is 0. The first-order valence-electron chi connectivity index (χ1n) is 7.06. The minimum Gasteiger partial charge on any atom is -0.299 e. The van der Waals surface area contributed by atoms with Crippen molar-refractivity contribution in [2.24, 2.45) is 0 Å². The van der Waals surface area contributed by atoms with Crippen molar-refractivity contribution < 1.29 is 0 Å². The molecule has 0 atom stereocenters. The van der Waals surface area contributed by atoms with Crippen LogP contribution in [0.2, 0.25) is 0 Å². The predicted octanol–water partition coefficient (Wildman–Crippen LogP) is 4.10. The summed E-state index contributed by atoms with van der Waals surface area (Å²) in [5.74, 6) is 0. The van der Waals surface area contributed by atoms with Gasteiger partial charge in [0.05, 0.1) is 10.2 Å². The van der Waals surface area contributed by atoms with Crippen LogP contribution in [0.15, 0.2) is 24.3 Å². The van der Waals surface area contributed by atoms with Gasteiger partial charge in [-0.1, -0.05) is 25.1 Å². The quantitative estimate of drug-likeness (QED) is 0.836. The lowest BCUT2D eigenvalue weighted by atomic mass is 10.1. The molecule has 2 heterocycles. The van der Waals surface area contributed by atoms with Gasteiger partial charge in [0.2, 0.25) is 0 Å². The number of aryl methyl sites for hydroxylation is 1. The van der Waals surface area contributed by atoms with Crippen molar-refractivity contribution in [3.05, 3.63) is 34.8 Å². The van der Waals surface area contributed by atoms with Crippen LogP contribution in [0.4, 0.5) is 0 Å². The molecule has 0 aliphatic carbocycles. The highest BCUT2D eigenvalue weighted by atomic mass is 32.1. The van der Waals surface area contributed by atoms with Crippen molar-refractivity contribution in [2.45, 2.75) is 26.7 Å². The van der Waals surface area contributed by atoms with Crippen molar-refractivity contribution in [1.82, 2.24) is 9.88 Å². The van der Waals surface area contributed by atoms with Crippen molar-refractivity contribution >= 4 is 27.1 Å². The lowest BCUT2D eigenvalue weighted by molar-refractivity contribution is 0.302. The fraction of sp³-hybridized carbons (Fsp3) is 0.438. The molecule has 1 aliphatic rings. The van der Waals surface area contributed by atoms with Gasteiger partial charge in [-0.25, -0.2) is 4.98 Å². The largest absolute Gasteiger partial charge is 0.299 e. The fourth-order valence-electron chi connectivity index (χ4n) is 2.65. The Kier molecular flexibility index (Phi) is 3.67. The highest BCUT2D eigenvalue weighted by Gasteiger charge is 2.15. The molecule has 0 bridgehead atoms. The number of aromatic nitrogens is 1. The molecule has 19 heavy (non-hydrogen) atoms. The summed E-state index contributed by atoms with van der Waals surface area (Å²) in [6.07, 6.45) is 4.74. The minimum atomic E-state index is 1.08. The summed E-state index contributed by atoms with van der Waals surface area (Å²) in [5.41, 5.74) is 3.90. The molecule has 1 aliphatic heterocycles. The smallest absolute Gasteiger partial charge is 0.120 e. The monoisotopic (exact) mass is 272 g/mol. The lowest BCUT2D eigenvalue weighted by Gasteiger charge is -2.24. The van der Waals surface area contributed by atoms with Crippen molar-refractivity contribution in [1.29, 1.82) is 0 Å². The average Bonchev–Trinajstić information content (AvgIpc) is 2.85. The number of nitrogens with zero attached hydrogens (tertiary/aromatic N) is 2. The number of para-hydroxylation sites is 1. The Morgan fingerprint density at radius 3 is 2.95 bits per heavy atom. The normalized spacial score (nSPS) is 16.8. The standard InChI is InChI=1S/C16H20N2S/c1-3-9-18-10-7-13(8-11-18)16-17-15-12(2)5-4-6-14(15)19-16/h4-7H,3,8-11H2,1-2H3. The summed E-state index contributed by atoms with van der Waals surface area (Å²) in [6.45, 7) is 7.86. The van der Waals surface area contributed by atoms with E-state index >= 15 is 0 Å². The van der Waals surface area contributed by atoms with Gasteiger partial charge >= 0.3 is 0 Å². The summed E-state index contributed by atoms with van der Waals surface area (Å²) in [6, 6.07) is 6.44. The Morgan fingerprint density at radius 2 is 2.26 bits per heavy atom. The molecule has 1 aromatic carbocycles. The lowest BCUT2D eigenvalue weighted by Crippen LogP contribution is -2.29. The molecule has 0 spiro atoms. The van der Waals surface area contributed by atoms with Gasteiger partial charge in [0, 0.05) is 13.1 Å². The highest BCUT2D eigenvalue weighted by molar-refractivity contribution is 7.19. The van der Waals surface area contributed by atoms with Crippen molar-refractivity contribution in [3.63, 3.8) is 0 Å². The molecule has 0 saturated carbocycles. The van der Waals surface area contributed by atoms with E-state index in [1.165, 1.54) is 45.9 Å². The topological polar surface area (TPSA) is 16.1 Å². The highest BCUT2D eigenvalue weighted by Crippen LogP contribution is 2.31. The Bertz CT molecular complexity index is 612. The molecular formula is C16H20N2S. The third kappa shape index (κ3) is 2.58. The van der Waals surface area contributed by atoms with Gasteiger partial charge in [-0.05, 0) is 43.5 Å². The zero-order valence-corrected chi connectivity index (χ0v) is 12.5. The molecule has 0 radical (unpaired) electrons. The molecule has 2 nitrogen and oxygen atoms in total. The maximum Gasteiger partial charge on any atom is 0.120 e. The molecule has 0 amide bonds.